The van der Waals surface area contributed by atoms with Gasteiger partial charge in [0.1, 0.15) is 18.3 Å². The average Bonchev–Trinajstić information content (AvgIpc) is 2.83. The van der Waals surface area contributed by atoms with E-state index in [1.165, 1.54) is 7.11 Å². The summed E-state index contributed by atoms with van der Waals surface area (Å²) in [5.41, 5.74) is 3.85. The number of benzene rings is 2. The summed E-state index contributed by atoms with van der Waals surface area (Å²) in [6.45, 7) is 1.80. The molecule has 2 aromatic rings. The molecule has 0 radical (unpaired) electrons. The van der Waals surface area contributed by atoms with Crippen molar-refractivity contribution in [3.63, 3.8) is 0 Å². The van der Waals surface area contributed by atoms with E-state index in [1.54, 1.807) is 18.2 Å². The van der Waals surface area contributed by atoms with Crippen LogP contribution in [-0.2, 0) is 15.9 Å². The second kappa shape index (κ2) is 10.4. The molecule has 7 atom stereocenters. The molecule has 2 aliphatic rings. The van der Waals surface area contributed by atoms with Crippen molar-refractivity contribution in [2.75, 3.05) is 26.9 Å². The van der Waals surface area contributed by atoms with Crippen LogP contribution in [0.25, 0.3) is 0 Å². The van der Waals surface area contributed by atoms with Crippen molar-refractivity contribution in [3.05, 3.63) is 57.6 Å². The van der Waals surface area contributed by atoms with E-state index in [0.29, 0.717) is 17.2 Å². The van der Waals surface area contributed by atoms with E-state index in [2.05, 4.69) is 0 Å². The number of hydrogen-bond acceptors (Lipinski definition) is 8. The number of hydrogen-bond donors (Lipinski definition) is 5. The van der Waals surface area contributed by atoms with Gasteiger partial charge in [-0.3, -0.25) is 0 Å². The highest BCUT2D eigenvalue weighted by Gasteiger charge is 2.42. The Labute approximate surface area is 203 Å². The van der Waals surface area contributed by atoms with Crippen molar-refractivity contribution in [1.82, 2.24) is 0 Å². The molecule has 1 aliphatic carbocycles. The molecule has 9 heteroatoms. The lowest BCUT2D eigenvalue weighted by atomic mass is 9.66. The molecule has 0 amide bonds. The Hall–Kier alpha value is -1.91. The van der Waals surface area contributed by atoms with E-state index in [1.807, 2.05) is 19.1 Å². The van der Waals surface area contributed by atoms with Crippen molar-refractivity contribution in [1.29, 1.82) is 0 Å². The molecule has 2 aromatic carbocycles. The van der Waals surface area contributed by atoms with Crippen molar-refractivity contribution >= 4 is 11.6 Å². The predicted octanol–water partition coefficient (Wildman–Crippen LogP) is 1.73. The summed E-state index contributed by atoms with van der Waals surface area (Å²) in [4.78, 5) is 0. The monoisotopic (exact) mass is 494 g/mol. The van der Waals surface area contributed by atoms with Crippen LogP contribution in [0.4, 0.5) is 0 Å². The molecule has 1 unspecified atom stereocenters. The molecular weight excluding hydrogens is 464 g/mol. The first kappa shape index (κ1) is 25.2. The van der Waals surface area contributed by atoms with Gasteiger partial charge >= 0.3 is 0 Å². The Morgan fingerprint density at radius 2 is 1.88 bits per heavy atom. The van der Waals surface area contributed by atoms with Gasteiger partial charge in [0.2, 0.25) is 0 Å². The molecule has 0 spiro atoms. The van der Waals surface area contributed by atoms with Gasteiger partial charge in [0.25, 0.3) is 0 Å². The van der Waals surface area contributed by atoms with Gasteiger partial charge in [-0.2, -0.15) is 0 Å². The smallest absolute Gasteiger partial charge is 0.186 e. The van der Waals surface area contributed by atoms with Crippen LogP contribution in [0.15, 0.2) is 30.3 Å². The molecule has 4 rings (SSSR count). The Morgan fingerprint density at radius 3 is 2.59 bits per heavy atom. The number of rotatable bonds is 6. The fraction of sp³-hybridized carbons (Fsp3) is 0.520. The minimum absolute atomic E-state index is 0.0157. The number of methoxy groups -OCH3 is 1. The standard InChI is InChI=1S/C25H31ClO8/c1-12-5-14-6-15(9-27)17(10-33-25-24(31)23(30)20(29)11-34-25)22(16(14)8-18(12)26)13-3-4-19(28)21(7-13)32-2/h3-5,7-8,15,17,20,22-25,27-31H,6,9-11H2,1-2H3/t15-,17-,20-,22?,23+,24-,25-/m1/s1. The van der Waals surface area contributed by atoms with Crippen LogP contribution in [0.1, 0.15) is 28.2 Å². The third-order valence-corrected chi connectivity index (χ3v) is 7.38. The molecule has 0 bridgehead atoms. The first-order valence-corrected chi connectivity index (χ1v) is 11.7. The normalized spacial score (nSPS) is 31.2. The number of halogens is 1. The number of fused-ring (bicyclic) bond motifs is 1. The lowest BCUT2D eigenvalue weighted by Crippen LogP contribution is -2.54. The molecule has 8 nitrogen and oxygen atoms in total. The molecule has 0 aromatic heterocycles. The molecule has 1 aliphatic heterocycles. The van der Waals surface area contributed by atoms with Gasteiger partial charge < -0.3 is 39.7 Å². The number of phenols is 1. The van der Waals surface area contributed by atoms with Gasteiger partial charge in [0.15, 0.2) is 17.8 Å². The van der Waals surface area contributed by atoms with Crippen LogP contribution in [0.5, 0.6) is 11.5 Å². The predicted molar refractivity (Wildman–Crippen MR) is 124 cm³/mol. The summed E-state index contributed by atoms with van der Waals surface area (Å²) >= 11 is 6.50. The van der Waals surface area contributed by atoms with Crippen LogP contribution in [0.3, 0.4) is 0 Å². The Balaban J connectivity index is 1.72. The Bertz CT molecular complexity index is 1010. The summed E-state index contributed by atoms with van der Waals surface area (Å²) in [5, 5.41) is 51.0. The van der Waals surface area contributed by atoms with Gasteiger partial charge in [-0.15, -0.1) is 0 Å². The quantitative estimate of drug-likeness (QED) is 0.410. The number of aliphatic hydroxyl groups is 4. The topological polar surface area (TPSA) is 129 Å². The molecule has 1 saturated heterocycles. The SMILES string of the molecule is COc1cc(C2c3cc(Cl)c(C)cc3C[C@H](CO)[C@H]2CO[C@@H]2OC[C@@H](O)[C@H](O)[C@H]2O)ccc1O. The second-order valence-corrected chi connectivity index (χ2v) is 9.51. The zero-order chi connectivity index (χ0) is 24.6. The summed E-state index contributed by atoms with van der Waals surface area (Å²) in [6.07, 6.45) is -4.48. The molecule has 5 N–H and O–H groups in total. The van der Waals surface area contributed by atoms with Gasteiger partial charge in [-0.05, 0) is 65.6 Å². The van der Waals surface area contributed by atoms with Crippen LogP contribution in [0.2, 0.25) is 5.02 Å². The average molecular weight is 495 g/mol. The fourth-order valence-corrected chi connectivity index (χ4v) is 5.21. The van der Waals surface area contributed by atoms with Crippen molar-refractivity contribution in [3.8, 4) is 11.5 Å². The first-order chi connectivity index (χ1) is 16.2. The largest absolute Gasteiger partial charge is 0.504 e. The highest BCUT2D eigenvalue weighted by molar-refractivity contribution is 6.31. The number of phenolic OH excluding ortho intramolecular Hbond substituents is 1. The fourth-order valence-electron chi connectivity index (χ4n) is 5.04. The van der Waals surface area contributed by atoms with E-state index in [-0.39, 0.29) is 43.3 Å². The van der Waals surface area contributed by atoms with Crippen LogP contribution >= 0.6 is 11.6 Å². The minimum atomic E-state index is -1.41. The molecule has 1 fully saturated rings. The maximum Gasteiger partial charge on any atom is 0.186 e. The molecule has 1 heterocycles. The second-order valence-electron chi connectivity index (χ2n) is 9.10. The van der Waals surface area contributed by atoms with E-state index < -0.39 is 24.6 Å². The van der Waals surface area contributed by atoms with E-state index in [9.17, 15) is 25.5 Å². The summed E-state index contributed by atoms with van der Waals surface area (Å²) in [7, 11) is 1.48. The summed E-state index contributed by atoms with van der Waals surface area (Å²) in [6, 6.07) is 9.10. The van der Waals surface area contributed by atoms with Crippen LogP contribution in [0, 0.1) is 18.8 Å². The maximum absolute atomic E-state index is 10.3. The van der Waals surface area contributed by atoms with Gasteiger partial charge in [-0.25, -0.2) is 0 Å². The van der Waals surface area contributed by atoms with Gasteiger partial charge in [0, 0.05) is 17.5 Å². The number of ether oxygens (including phenoxy) is 3. The first-order valence-electron chi connectivity index (χ1n) is 11.3. The van der Waals surface area contributed by atoms with E-state index >= 15 is 0 Å². The van der Waals surface area contributed by atoms with Crippen LogP contribution < -0.4 is 4.74 Å². The van der Waals surface area contributed by atoms with Crippen molar-refractivity contribution in [2.45, 2.75) is 43.9 Å². The lowest BCUT2D eigenvalue weighted by Gasteiger charge is -2.41. The van der Waals surface area contributed by atoms with E-state index in [4.69, 9.17) is 25.8 Å². The molecule has 34 heavy (non-hydrogen) atoms. The van der Waals surface area contributed by atoms with Gasteiger partial charge in [-0.1, -0.05) is 23.7 Å². The van der Waals surface area contributed by atoms with Gasteiger partial charge in [0.05, 0.1) is 20.3 Å². The molecular formula is C25H31ClO8. The van der Waals surface area contributed by atoms with Crippen LogP contribution in [-0.4, -0.2) is 77.1 Å². The Morgan fingerprint density at radius 1 is 1.12 bits per heavy atom. The number of aromatic hydroxyl groups is 1. The third-order valence-electron chi connectivity index (χ3n) is 6.98. The number of aliphatic hydroxyl groups excluding tert-OH is 4. The van der Waals surface area contributed by atoms with E-state index in [0.717, 1.165) is 22.3 Å². The third kappa shape index (κ3) is 4.77. The maximum atomic E-state index is 10.3. The zero-order valence-corrected chi connectivity index (χ0v) is 19.9. The highest BCUT2D eigenvalue weighted by atomic mass is 35.5. The summed E-state index contributed by atoms with van der Waals surface area (Å²) < 4.78 is 16.7. The number of aryl methyl sites for hydroxylation is 1. The summed E-state index contributed by atoms with van der Waals surface area (Å²) in [5.74, 6) is -0.336. The molecule has 186 valence electrons. The van der Waals surface area contributed by atoms with Crippen molar-refractivity contribution < 1.29 is 39.7 Å². The lowest BCUT2D eigenvalue weighted by molar-refractivity contribution is -0.274. The minimum Gasteiger partial charge on any atom is -0.504 e. The highest BCUT2D eigenvalue weighted by Crippen LogP contribution is 2.47. The molecule has 0 saturated carbocycles. The van der Waals surface area contributed by atoms with Crippen molar-refractivity contribution in [2.24, 2.45) is 11.8 Å². The zero-order valence-electron chi connectivity index (χ0n) is 19.1. The Kier molecular flexibility index (Phi) is 7.69.